The minimum absolute atomic E-state index is 0. The Bertz CT molecular complexity index is 1070. The van der Waals surface area contributed by atoms with Crippen LogP contribution in [0, 0.1) is 43.4 Å². The zero-order valence-corrected chi connectivity index (χ0v) is 20.3. The Morgan fingerprint density at radius 1 is 1.38 bits per heavy atom. The van der Waals surface area contributed by atoms with E-state index < -0.39 is 11.4 Å². The van der Waals surface area contributed by atoms with E-state index in [-0.39, 0.29) is 43.3 Å². The molecular weight excluding hydrogens is 623 g/mol. The van der Waals surface area contributed by atoms with Crippen LogP contribution in [0.4, 0.5) is 10.1 Å². The summed E-state index contributed by atoms with van der Waals surface area (Å²) in [6.45, 7) is 0.842. The van der Waals surface area contributed by atoms with Gasteiger partial charge >= 0.3 is 0 Å². The van der Waals surface area contributed by atoms with Crippen LogP contribution in [-0.4, -0.2) is 40.4 Å². The minimum Gasteiger partial charge on any atom is -0.491 e. The molecule has 0 radical (unpaired) electrons. The first-order valence-corrected chi connectivity index (χ1v) is 9.19. The fourth-order valence-electron chi connectivity index (χ4n) is 3.25. The monoisotopic (exact) mass is 640 g/mol. The number of hydrogen-bond acceptors (Lipinski definition) is 5. The van der Waals surface area contributed by atoms with Crippen molar-refractivity contribution in [2.75, 3.05) is 24.6 Å². The Morgan fingerprint density at radius 2 is 2.21 bits per heavy atom. The molecule has 0 bridgehead atoms. The third-order valence-electron chi connectivity index (χ3n) is 4.81. The fraction of sp³-hybridized carbons (Fsp3) is 0.250. The molecular formula is C20H18ClFN3O3U-. The first-order chi connectivity index (χ1) is 13.4. The topological polar surface area (TPSA) is 78.5 Å². The number of rotatable bonds is 4. The maximum atomic E-state index is 14.1. The van der Waals surface area contributed by atoms with Crippen LogP contribution >= 0.6 is 11.6 Å². The van der Waals surface area contributed by atoms with Gasteiger partial charge in [0, 0.05) is 42.7 Å². The molecule has 1 aromatic heterocycles. The normalized spacial score (nSPS) is 19.1. The van der Waals surface area contributed by atoms with Crippen molar-refractivity contribution < 1.29 is 45.3 Å². The van der Waals surface area contributed by atoms with Gasteiger partial charge in [0.15, 0.2) is 0 Å². The smallest absolute Gasteiger partial charge is 0.266 e. The second-order valence-electron chi connectivity index (χ2n) is 6.79. The number of H-pyrrole nitrogens is 1. The summed E-state index contributed by atoms with van der Waals surface area (Å²) in [5, 5.41) is 11.2. The Balaban J connectivity index is 0.00000240. The summed E-state index contributed by atoms with van der Waals surface area (Å²) in [7, 11) is 0. The standard InChI is InChI=1S/C20H18ClFN3O3.U/c21-13-4-5-16(14(22)10-13)25-8-6-20(27,7-9-25)12-28-17-3-1-2-15-19(17)24-18(26)11-23-15;/h1-6,10-11,27H,7-9,12H2,(H,24,26);/q-1;/t20-;/m1./s1. The van der Waals surface area contributed by atoms with Gasteiger partial charge < -0.3 is 19.7 Å². The summed E-state index contributed by atoms with van der Waals surface area (Å²) in [6.07, 6.45) is 3.28. The average Bonchev–Trinajstić information content (AvgIpc) is 2.67. The number of aliphatic hydroxyl groups is 1. The molecule has 1 saturated heterocycles. The number of ether oxygens (including phenoxy) is 1. The van der Waals surface area contributed by atoms with E-state index in [4.69, 9.17) is 16.3 Å². The van der Waals surface area contributed by atoms with E-state index in [0.717, 1.165) is 0 Å². The summed E-state index contributed by atoms with van der Waals surface area (Å²) >= 11 is 5.80. The van der Waals surface area contributed by atoms with Crippen LogP contribution in [-0.2, 0) is 0 Å². The third-order valence-corrected chi connectivity index (χ3v) is 5.04. The third kappa shape index (κ3) is 4.95. The van der Waals surface area contributed by atoms with E-state index in [1.165, 1.54) is 12.3 Å². The van der Waals surface area contributed by atoms with Crippen molar-refractivity contribution in [3.05, 3.63) is 70.2 Å². The summed E-state index contributed by atoms with van der Waals surface area (Å²) < 4.78 is 19.9. The average molecular weight is 641 g/mol. The van der Waals surface area contributed by atoms with Crippen molar-refractivity contribution in [2.45, 2.75) is 12.0 Å². The SMILES string of the molecule is O=c1cnc2cccc(OC[C@@]3(O)[CH-]CN(c4ccc(Cl)cc4F)CC3)c2[nH]1.[U]. The molecule has 0 amide bonds. The predicted molar refractivity (Wildman–Crippen MR) is 105 cm³/mol. The van der Waals surface area contributed by atoms with Crippen LogP contribution in [0.25, 0.3) is 11.0 Å². The van der Waals surface area contributed by atoms with Gasteiger partial charge in [-0.15, -0.1) is 6.54 Å². The van der Waals surface area contributed by atoms with Crippen molar-refractivity contribution >= 4 is 28.3 Å². The van der Waals surface area contributed by atoms with Gasteiger partial charge in [-0.2, -0.15) is 0 Å². The van der Waals surface area contributed by atoms with E-state index >= 15 is 0 Å². The first kappa shape index (κ1) is 22.1. The zero-order valence-electron chi connectivity index (χ0n) is 15.4. The molecule has 9 heteroatoms. The fourth-order valence-corrected chi connectivity index (χ4v) is 3.41. The van der Waals surface area contributed by atoms with Gasteiger partial charge in [-0.3, -0.25) is 11.2 Å². The molecule has 0 spiro atoms. The van der Waals surface area contributed by atoms with E-state index in [9.17, 15) is 14.3 Å². The molecule has 1 fully saturated rings. The summed E-state index contributed by atoms with van der Waals surface area (Å²) in [6, 6.07) is 9.78. The van der Waals surface area contributed by atoms with Crippen molar-refractivity contribution in [3.8, 4) is 5.75 Å². The number of benzene rings is 2. The maximum Gasteiger partial charge on any atom is 0.266 e. The second kappa shape index (κ2) is 9.05. The number of halogens is 2. The summed E-state index contributed by atoms with van der Waals surface area (Å²) in [4.78, 5) is 20.2. The molecule has 6 nitrogen and oxygen atoms in total. The molecule has 0 saturated carbocycles. The largest absolute Gasteiger partial charge is 0.491 e. The van der Waals surface area contributed by atoms with Crippen molar-refractivity contribution in [3.63, 3.8) is 0 Å². The van der Waals surface area contributed by atoms with Gasteiger partial charge in [0.25, 0.3) is 5.56 Å². The van der Waals surface area contributed by atoms with Gasteiger partial charge in [-0.1, -0.05) is 17.7 Å². The molecule has 1 atom stereocenters. The number of nitrogens with zero attached hydrogens (tertiary/aromatic N) is 2. The summed E-state index contributed by atoms with van der Waals surface area (Å²) in [5.41, 5.74) is 0.0400. The van der Waals surface area contributed by atoms with E-state index in [2.05, 4.69) is 9.97 Å². The van der Waals surface area contributed by atoms with E-state index in [1.54, 1.807) is 36.8 Å². The van der Waals surface area contributed by atoms with E-state index in [1.807, 2.05) is 4.90 Å². The number of piperidine rings is 1. The molecule has 2 N–H and O–H groups in total. The van der Waals surface area contributed by atoms with Crippen molar-refractivity contribution in [1.82, 2.24) is 9.97 Å². The van der Waals surface area contributed by atoms with E-state index in [0.29, 0.717) is 47.0 Å². The Labute approximate surface area is 195 Å². The molecule has 2 aromatic carbocycles. The molecule has 1 aliphatic rings. The molecule has 4 rings (SSSR count). The van der Waals surface area contributed by atoms with Gasteiger partial charge in [0.05, 0.1) is 24.0 Å². The number of anilines is 1. The van der Waals surface area contributed by atoms with Gasteiger partial charge in [-0.25, -0.2) is 9.37 Å². The van der Waals surface area contributed by atoms with Gasteiger partial charge in [-0.05, 0) is 42.4 Å². The van der Waals surface area contributed by atoms with Crippen LogP contribution in [0.15, 0.2) is 47.4 Å². The van der Waals surface area contributed by atoms with Crippen LogP contribution in [0.5, 0.6) is 5.75 Å². The zero-order chi connectivity index (χ0) is 19.7. The van der Waals surface area contributed by atoms with Crippen molar-refractivity contribution in [2.24, 2.45) is 0 Å². The van der Waals surface area contributed by atoms with Gasteiger partial charge in [0.1, 0.15) is 17.1 Å². The number of aromatic amines is 1. The second-order valence-corrected chi connectivity index (χ2v) is 7.22. The Hall–Kier alpha value is -1.59. The molecule has 0 aliphatic carbocycles. The predicted octanol–water partition coefficient (Wildman–Crippen LogP) is 2.94. The Kier molecular flexibility index (Phi) is 6.90. The molecule has 29 heavy (non-hydrogen) atoms. The number of para-hydroxylation sites is 1. The molecule has 2 heterocycles. The van der Waals surface area contributed by atoms with Crippen LogP contribution < -0.4 is 15.2 Å². The maximum absolute atomic E-state index is 14.1. The minimum atomic E-state index is -1.16. The van der Waals surface area contributed by atoms with Crippen LogP contribution in [0.2, 0.25) is 5.02 Å². The van der Waals surface area contributed by atoms with Gasteiger partial charge in [0.2, 0.25) is 0 Å². The number of aromatic nitrogens is 2. The molecule has 150 valence electrons. The quantitative estimate of drug-likeness (QED) is 0.429. The van der Waals surface area contributed by atoms with Crippen LogP contribution in [0.3, 0.4) is 0 Å². The van der Waals surface area contributed by atoms with Crippen molar-refractivity contribution in [1.29, 1.82) is 0 Å². The molecule has 0 unspecified atom stereocenters. The molecule has 1 aliphatic heterocycles. The molecule has 3 aromatic rings. The number of nitrogens with one attached hydrogen (secondary N) is 1. The number of fused-ring (bicyclic) bond motifs is 1. The Morgan fingerprint density at radius 3 is 2.93 bits per heavy atom. The first-order valence-electron chi connectivity index (χ1n) is 8.81. The summed E-state index contributed by atoms with van der Waals surface area (Å²) in [5.74, 6) is 0.0468. The van der Waals surface area contributed by atoms with Crippen LogP contribution in [0.1, 0.15) is 6.42 Å². The number of hydrogen-bond donors (Lipinski definition) is 2.